The lowest BCUT2D eigenvalue weighted by atomic mass is 10.3. The summed E-state index contributed by atoms with van der Waals surface area (Å²) in [5.74, 6) is 2.36. The van der Waals surface area contributed by atoms with Gasteiger partial charge in [0.05, 0.1) is 25.4 Å². The SMILES string of the molecule is CCOc1ccccc1NC(=S)N[C@@H](C)COc1ccc(OC)cc1. The van der Waals surface area contributed by atoms with Crippen molar-refractivity contribution >= 4 is 23.0 Å². The molecular weight excluding hydrogens is 336 g/mol. The molecule has 25 heavy (non-hydrogen) atoms. The van der Waals surface area contributed by atoms with Gasteiger partial charge in [-0.15, -0.1) is 0 Å². The zero-order chi connectivity index (χ0) is 18.1. The molecule has 0 aliphatic rings. The average molecular weight is 360 g/mol. The van der Waals surface area contributed by atoms with Crippen LogP contribution in [0.15, 0.2) is 48.5 Å². The molecule has 0 heterocycles. The molecule has 2 aromatic carbocycles. The molecule has 6 heteroatoms. The van der Waals surface area contributed by atoms with Gasteiger partial charge in [-0.1, -0.05) is 12.1 Å². The number of anilines is 1. The summed E-state index contributed by atoms with van der Waals surface area (Å²) in [4.78, 5) is 0. The number of hydrogen-bond donors (Lipinski definition) is 2. The molecule has 0 bridgehead atoms. The van der Waals surface area contributed by atoms with E-state index in [1.54, 1.807) is 7.11 Å². The van der Waals surface area contributed by atoms with E-state index in [0.29, 0.717) is 18.3 Å². The van der Waals surface area contributed by atoms with Crippen molar-refractivity contribution in [1.82, 2.24) is 5.32 Å². The van der Waals surface area contributed by atoms with E-state index < -0.39 is 0 Å². The van der Waals surface area contributed by atoms with Gasteiger partial charge in [-0.2, -0.15) is 0 Å². The van der Waals surface area contributed by atoms with Crippen molar-refractivity contribution in [1.29, 1.82) is 0 Å². The van der Waals surface area contributed by atoms with Crippen molar-refractivity contribution in [3.8, 4) is 17.2 Å². The largest absolute Gasteiger partial charge is 0.497 e. The summed E-state index contributed by atoms with van der Waals surface area (Å²) in [6.45, 7) is 5.05. The van der Waals surface area contributed by atoms with Crippen LogP contribution in [0.4, 0.5) is 5.69 Å². The lowest BCUT2D eigenvalue weighted by molar-refractivity contribution is 0.286. The predicted molar refractivity (Wildman–Crippen MR) is 105 cm³/mol. The fourth-order valence-corrected chi connectivity index (χ4v) is 2.48. The zero-order valence-corrected chi connectivity index (χ0v) is 15.6. The van der Waals surface area contributed by atoms with E-state index in [0.717, 1.165) is 22.9 Å². The van der Waals surface area contributed by atoms with Crippen molar-refractivity contribution in [3.05, 3.63) is 48.5 Å². The second-order valence-electron chi connectivity index (χ2n) is 5.42. The average Bonchev–Trinajstić information content (AvgIpc) is 2.62. The van der Waals surface area contributed by atoms with E-state index in [1.807, 2.05) is 62.4 Å². The normalized spacial score (nSPS) is 11.3. The number of hydrogen-bond acceptors (Lipinski definition) is 4. The Bertz CT molecular complexity index is 677. The summed E-state index contributed by atoms with van der Waals surface area (Å²) in [7, 11) is 1.64. The first-order valence-electron chi connectivity index (χ1n) is 8.18. The van der Waals surface area contributed by atoms with Gasteiger partial charge in [0, 0.05) is 0 Å². The van der Waals surface area contributed by atoms with Gasteiger partial charge < -0.3 is 24.8 Å². The Hall–Kier alpha value is -2.47. The molecule has 1 atom stereocenters. The number of benzene rings is 2. The van der Waals surface area contributed by atoms with Gasteiger partial charge in [-0.25, -0.2) is 0 Å². The third-order valence-corrected chi connectivity index (χ3v) is 3.59. The highest BCUT2D eigenvalue weighted by molar-refractivity contribution is 7.80. The first-order valence-corrected chi connectivity index (χ1v) is 8.59. The molecule has 0 unspecified atom stereocenters. The van der Waals surface area contributed by atoms with Crippen molar-refractivity contribution < 1.29 is 14.2 Å². The number of thiocarbonyl (C=S) groups is 1. The first-order chi connectivity index (χ1) is 12.1. The van der Waals surface area contributed by atoms with Crippen LogP contribution in [0.1, 0.15) is 13.8 Å². The lowest BCUT2D eigenvalue weighted by Gasteiger charge is -2.19. The van der Waals surface area contributed by atoms with Crippen LogP contribution in [-0.2, 0) is 0 Å². The van der Waals surface area contributed by atoms with Crippen molar-refractivity contribution in [3.63, 3.8) is 0 Å². The van der Waals surface area contributed by atoms with Gasteiger partial charge >= 0.3 is 0 Å². The fraction of sp³-hybridized carbons (Fsp3) is 0.316. The molecule has 0 aromatic heterocycles. The zero-order valence-electron chi connectivity index (χ0n) is 14.7. The van der Waals surface area contributed by atoms with Crippen LogP contribution in [0.3, 0.4) is 0 Å². The van der Waals surface area contributed by atoms with E-state index in [4.69, 9.17) is 26.4 Å². The van der Waals surface area contributed by atoms with Crippen molar-refractivity contribution in [2.24, 2.45) is 0 Å². The van der Waals surface area contributed by atoms with E-state index >= 15 is 0 Å². The molecule has 5 nitrogen and oxygen atoms in total. The maximum Gasteiger partial charge on any atom is 0.171 e. The van der Waals surface area contributed by atoms with Crippen LogP contribution in [0.25, 0.3) is 0 Å². The highest BCUT2D eigenvalue weighted by atomic mass is 32.1. The Morgan fingerprint density at radius 1 is 1.04 bits per heavy atom. The van der Waals surface area contributed by atoms with E-state index in [-0.39, 0.29) is 6.04 Å². The minimum atomic E-state index is 0.0429. The number of para-hydroxylation sites is 2. The molecule has 0 saturated carbocycles. The third kappa shape index (κ3) is 6.15. The van der Waals surface area contributed by atoms with Crippen LogP contribution < -0.4 is 24.8 Å². The number of rotatable bonds is 8. The molecule has 2 aromatic rings. The highest BCUT2D eigenvalue weighted by Gasteiger charge is 2.08. The molecular formula is C19H24N2O3S. The van der Waals surface area contributed by atoms with Gasteiger partial charge in [0.25, 0.3) is 0 Å². The minimum Gasteiger partial charge on any atom is -0.497 e. The molecule has 0 amide bonds. The Morgan fingerprint density at radius 2 is 1.72 bits per heavy atom. The molecule has 0 aliphatic heterocycles. The molecule has 0 saturated heterocycles. The quantitative estimate of drug-likeness (QED) is 0.698. The van der Waals surface area contributed by atoms with E-state index in [2.05, 4.69) is 10.6 Å². The maximum atomic E-state index is 5.75. The lowest BCUT2D eigenvalue weighted by Crippen LogP contribution is -2.39. The van der Waals surface area contributed by atoms with E-state index in [9.17, 15) is 0 Å². The Balaban J connectivity index is 1.81. The van der Waals surface area contributed by atoms with Crippen molar-refractivity contribution in [2.45, 2.75) is 19.9 Å². The summed E-state index contributed by atoms with van der Waals surface area (Å²) >= 11 is 5.37. The first kappa shape index (κ1) is 18.9. The Morgan fingerprint density at radius 3 is 2.40 bits per heavy atom. The molecule has 134 valence electrons. The second kappa shape index (κ2) is 9.74. The predicted octanol–water partition coefficient (Wildman–Crippen LogP) is 3.85. The van der Waals surface area contributed by atoms with Crippen LogP contribution in [-0.4, -0.2) is 31.5 Å². The number of methoxy groups -OCH3 is 1. The van der Waals surface area contributed by atoms with Gasteiger partial charge in [0.2, 0.25) is 0 Å². The molecule has 0 fully saturated rings. The summed E-state index contributed by atoms with van der Waals surface area (Å²) < 4.78 is 16.5. The summed E-state index contributed by atoms with van der Waals surface area (Å²) in [5.41, 5.74) is 0.838. The number of ether oxygens (including phenoxy) is 3. The van der Waals surface area contributed by atoms with Gasteiger partial charge in [-0.3, -0.25) is 0 Å². The van der Waals surface area contributed by atoms with Crippen LogP contribution >= 0.6 is 12.2 Å². The van der Waals surface area contributed by atoms with Gasteiger partial charge in [0.15, 0.2) is 5.11 Å². The third-order valence-electron chi connectivity index (χ3n) is 3.37. The highest BCUT2D eigenvalue weighted by Crippen LogP contribution is 2.23. The number of nitrogens with one attached hydrogen (secondary N) is 2. The van der Waals surface area contributed by atoms with Gasteiger partial charge in [-0.05, 0) is 62.5 Å². The molecule has 2 rings (SSSR count). The maximum absolute atomic E-state index is 5.75. The Labute approximate surface area is 154 Å². The van der Waals surface area contributed by atoms with Gasteiger partial charge in [0.1, 0.15) is 23.9 Å². The smallest absolute Gasteiger partial charge is 0.171 e. The van der Waals surface area contributed by atoms with Crippen LogP contribution in [0.2, 0.25) is 0 Å². The molecule has 0 spiro atoms. The van der Waals surface area contributed by atoms with Crippen molar-refractivity contribution in [2.75, 3.05) is 25.6 Å². The topological polar surface area (TPSA) is 51.8 Å². The molecule has 0 radical (unpaired) electrons. The fourth-order valence-electron chi connectivity index (χ4n) is 2.17. The Kier molecular flexibility index (Phi) is 7.35. The van der Waals surface area contributed by atoms with Crippen LogP contribution in [0, 0.1) is 0 Å². The molecule has 0 aliphatic carbocycles. The summed E-state index contributed by atoms with van der Waals surface area (Å²) in [5, 5.41) is 6.89. The van der Waals surface area contributed by atoms with E-state index in [1.165, 1.54) is 0 Å². The second-order valence-corrected chi connectivity index (χ2v) is 5.82. The summed E-state index contributed by atoms with van der Waals surface area (Å²) in [6, 6.07) is 15.2. The minimum absolute atomic E-state index is 0.0429. The summed E-state index contributed by atoms with van der Waals surface area (Å²) in [6.07, 6.45) is 0. The molecule has 2 N–H and O–H groups in total. The monoisotopic (exact) mass is 360 g/mol. The standard InChI is InChI=1S/C19H24N2O3S/c1-4-23-18-8-6-5-7-17(18)21-19(25)20-14(2)13-24-16-11-9-15(22-3)10-12-16/h5-12,14H,4,13H2,1-3H3,(H2,20,21,25)/t14-/m0/s1. The van der Waals surface area contributed by atoms with Crippen LogP contribution in [0.5, 0.6) is 17.2 Å².